The molecule has 0 aliphatic carbocycles. The van der Waals surface area contributed by atoms with Crippen LogP contribution in [0, 0.1) is 11.3 Å². The van der Waals surface area contributed by atoms with Crippen molar-refractivity contribution in [1.29, 1.82) is 5.26 Å². The number of aromatic amines is 1. The molecule has 0 atom stereocenters. The van der Waals surface area contributed by atoms with Gasteiger partial charge in [-0.2, -0.15) is 5.26 Å². The highest BCUT2D eigenvalue weighted by Crippen LogP contribution is 2.15. The monoisotopic (exact) mass is 276 g/mol. The molecule has 0 aliphatic heterocycles. The second-order valence-electron chi connectivity index (χ2n) is 4.58. The lowest BCUT2D eigenvalue weighted by Gasteiger charge is -2.08. The molecule has 0 fully saturated rings. The standard InChI is InChI=1S/C16H12N4O/c17-9-12-4-3-7-15(19-12)18-10-11-8-16(21)20-14-6-2-1-5-13(11)14/h1-8H,10H2,(H,18,19)(H,20,21). The molecule has 5 nitrogen and oxygen atoms in total. The van der Waals surface area contributed by atoms with E-state index in [1.54, 1.807) is 24.3 Å². The normalized spacial score (nSPS) is 10.2. The van der Waals surface area contributed by atoms with Gasteiger partial charge in [0.25, 0.3) is 0 Å². The van der Waals surface area contributed by atoms with Crippen LogP contribution in [-0.4, -0.2) is 9.97 Å². The first kappa shape index (κ1) is 12.9. The molecule has 3 aromatic rings. The number of H-pyrrole nitrogens is 1. The summed E-state index contributed by atoms with van der Waals surface area (Å²) in [6.45, 7) is 0.465. The lowest BCUT2D eigenvalue weighted by Crippen LogP contribution is -2.10. The Bertz CT molecular complexity index is 892. The van der Waals surface area contributed by atoms with Crippen LogP contribution in [0.1, 0.15) is 11.3 Å². The van der Waals surface area contributed by atoms with Gasteiger partial charge in [-0.25, -0.2) is 4.98 Å². The van der Waals surface area contributed by atoms with Crippen molar-refractivity contribution in [2.45, 2.75) is 6.54 Å². The number of hydrogen-bond acceptors (Lipinski definition) is 4. The molecule has 2 aromatic heterocycles. The number of hydrogen-bond donors (Lipinski definition) is 2. The van der Waals surface area contributed by atoms with Crippen LogP contribution in [0.3, 0.4) is 0 Å². The summed E-state index contributed by atoms with van der Waals surface area (Å²) in [6.07, 6.45) is 0. The maximum atomic E-state index is 11.7. The third-order valence-corrected chi connectivity index (χ3v) is 3.16. The Morgan fingerprint density at radius 3 is 2.90 bits per heavy atom. The van der Waals surface area contributed by atoms with Crippen LogP contribution in [0.15, 0.2) is 53.3 Å². The zero-order chi connectivity index (χ0) is 14.7. The quantitative estimate of drug-likeness (QED) is 0.769. The predicted octanol–water partition coefficient (Wildman–Crippen LogP) is 2.41. The first-order chi connectivity index (χ1) is 10.3. The summed E-state index contributed by atoms with van der Waals surface area (Å²) in [4.78, 5) is 18.6. The average Bonchev–Trinajstić information content (AvgIpc) is 2.52. The molecule has 0 saturated carbocycles. The highest BCUT2D eigenvalue weighted by atomic mass is 16.1. The summed E-state index contributed by atoms with van der Waals surface area (Å²) in [7, 11) is 0. The lowest BCUT2D eigenvalue weighted by molar-refractivity contribution is 1.10. The van der Waals surface area contributed by atoms with Crippen molar-refractivity contribution >= 4 is 16.7 Å². The van der Waals surface area contributed by atoms with Gasteiger partial charge in [0.15, 0.2) is 0 Å². The van der Waals surface area contributed by atoms with Crippen LogP contribution in [0.25, 0.3) is 10.9 Å². The van der Waals surface area contributed by atoms with Gasteiger partial charge in [-0.15, -0.1) is 0 Å². The summed E-state index contributed by atoms with van der Waals surface area (Å²) in [6, 6.07) is 16.4. The highest BCUT2D eigenvalue weighted by molar-refractivity contribution is 5.82. The van der Waals surface area contributed by atoms with E-state index in [-0.39, 0.29) is 5.56 Å². The van der Waals surface area contributed by atoms with Crippen LogP contribution in [-0.2, 0) is 6.54 Å². The Morgan fingerprint density at radius 1 is 1.19 bits per heavy atom. The maximum absolute atomic E-state index is 11.7. The minimum Gasteiger partial charge on any atom is -0.366 e. The number of nitriles is 1. The third-order valence-electron chi connectivity index (χ3n) is 3.16. The largest absolute Gasteiger partial charge is 0.366 e. The second kappa shape index (κ2) is 5.47. The van der Waals surface area contributed by atoms with Crippen LogP contribution < -0.4 is 10.9 Å². The molecule has 21 heavy (non-hydrogen) atoms. The van der Waals surface area contributed by atoms with E-state index in [2.05, 4.69) is 15.3 Å². The summed E-state index contributed by atoms with van der Waals surface area (Å²) in [5.74, 6) is 0.610. The number of anilines is 1. The van der Waals surface area contributed by atoms with Crippen LogP contribution in [0.5, 0.6) is 0 Å². The second-order valence-corrected chi connectivity index (χ2v) is 4.58. The van der Waals surface area contributed by atoms with E-state index < -0.39 is 0 Å². The number of nitrogens with zero attached hydrogens (tertiary/aromatic N) is 2. The zero-order valence-corrected chi connectivity index (χ0v) is 11.1. The van der Waals surface area contributed by atoms with Gasteiger partial charge in [0.2, 0.25) is 5.56 Å². The molecule has 0 aliphatic rings. The summed E-state index contributed by atoms with van der Waals surface area (Å²) >= 11 is 0. The van der Waals surface area contributed by atoms with Crippen molar-refractivity contribution in [3.8, 4) is 6.07 Å². The fourth-order valence-electron chi connectivity index (χ4n) is 2.20. The molecule has 1 aromatic carbocycles. The van der Waals surface area contributed by atoms with Gasteiger partial charge in [-0.3, -0.25) is 4.79 Å². The molecular formula is C16H12N4O. The fourth-order valence-corrected chi connectivity index (χ4v) is 2.20. The fraction of sp³-hybridized carbons (Fsp3) is 0.0625. The number of fused-ring (bicyclic) bond motifs is 1. The van der Waals surface area contributed by atoms with Gasteiger partial charge >= 0.3 is 0 Å². The number of benzene rings is 1. The van der Waals surface area contributed by atoms with Crippen molar-refractivity contribution in [2.24, 2.45) is 0 Å². The van der Waals surface area contributed by atoms with E-state index in [1.807, 2.05) is 30.3 Å². The Kier molecular flexibility index (Phi) is 3.36. The molecule has 3 rings (SSSR count). The van der Waals surface area contributed by atoms with E-state index in [9.17, 15) is 4.79 Å². The van der Waals surface area contributed by atoms with Crippen molar-refractivity contribution in [3.63, 3.8) is 0 Å². The lowest BCUT2D eigenvalue weighted by atomic mass is 10.1. The summed E-state index contributed by atoms with van der Waals surface area (Å²) < 4.78 is 0. The topological polar surface area (TPSA) is 81.6 Å². The van der Waals surface area contributed by atoms with Crippen molar-refractivity contribution in [2.75, 3.05) is 5.32 Å². The summed E-state index contributed by atoms with van der Waals surface area (Å²) in [5.41, 5.74) is 1.92. The Morgan fingerprint density at radius 2 is 2.05 bits per heavy atom. The molecule has 0 radical (unpaired) electrons. The SMILES string of the molecule is N#Cc1cccc(NCc2cc(=O)[nH]c3ccccc23)n1. The van der Waals surface area contributed by atoms with Gasteiger partial charge in [-0.1, -0.05) is 24.3 Å². The Hall–Kier alpha value is -3.13. The molecule has 0 saturated heterocycles. The Labute approximate surface area is 120 Å². The molecule has 0 unspecified atom stereocenters. The average molecular weight is 276 g/mol. The number of rotatable bonds is 3. The van der Waals surface area contributed by atoms with Crippen molar-refractivity contribution in [1.82, 2.24) is 9.97 Å². The van der Waals surface area contributed by atoms with Gasteiger partial charge in [0.05, 0.1) is 0 Å². The highest BCUT2D eigenvalue weighted by Gasteiger charge is 2.03. The van der Waals surface area contributed by atoms with E-state index >= 15 is 0 Å². The van der Waals surface area contributed by atoms with Crippen LogP contribution in [0.2, 0.25) is 0 Å². The number of nitrogens with one attached hydrogen (secondary N) is 2. The van der Waals surface area contributed by atoms with E-state index in [0.29, 0.717) is 18.1 Å². The molecular weight excluding hydrogens is 264 g/mol. The van der Waals surface area contributed by atoms with E-state index in [0.717, 1.165) is 16.5 Å². The molecule has 5 heteroatoms. The molecule has 0 spiro atoms. The number of para-hydroxylation sites is 1. The van der Waals surface area contributed by atoms with E-state index in [1.165, 1.54) is 0 Å². The van der Waals surface area contributed by atoms with Gasteiger partial charge in [0.1, 0.15) is 17.6 Å². The molecule has 2 N–H and O–H groups in total. The third kappa shape index (κ3) is 2.74. The minimum absolute atomic E-state index is 0.135. The van der Waals surface area contributed by atoms with Crippen molar-refractivity contribution < 1.29 is 0 Å². The first-order valence-corrected chi connectivity index (χ1v) is 6.48. The molecule has 2 heterocycles. The maximum Gasteiger partial charge on any atom is 0.248 e. The van der Waals surface area contributed by atoms with Crippen LogP contribution in [0.4, 0.5) is 5.82 Å². The number of aromatic nitrogens is 2. The number of pyridine rings is 2. The first-order valence-electron chi connectivity index (χ1n) is 6.48. The van der Waals surface area contributed by atoms with Crippen LogP contribution >= 0.6 is 0 Å². The van der Waals surface area contributed by atoms with Gasteiger partial charge < -0.3 is 10.3 Å². The molecule has 102 valence electrons. The zero-order valence-electron chi connectivity index (χ0n) is 11.1. The smallest absolute Gasteiger partial charge is 0.248 e. The van der Waals surface area contributed by atoms with Gasteiger partial charge in [-0.05, 0) is 23.8 Å². The molecule has 0 amide bonds. The van der Waals surface area contributed by atoms with Gasteiger partial charge in [0, 0.05) is 23.5 Å². The molecule has 0 bridgehead atoms. The predicted molar refractivity (Wildman–Crippen MR) is 80.8 cm³/mol. The minimum atomic E-state index is -0.135. The Balaban J connectivity index is 1.91. The van der Waals surface area contributed by atoms with Crippen molar-refractivity contribution in [3.05, 3.63) is 70.1 Å². The van der Waals surface area contributed by atoms with E-state index in [4.69, 9.17) is 5.26 Å². The summed E-state index contributed by atoms with van der Waals surface area (Å²) in [5, 5.41) is 13.0.